The molecule has 1 amide bonds. The molecule has 0 bridgehead atoms. The van der Waals surface area contributed by atoms with Gasteiger partial charge in [-0.1, -0.05) is 0 Å². The van der Waals surface area contributed by atoms with E-state index in [1.54, 1.807) is 24.4 Å². The number of nitrogens with one attached hydrogen (secondary N) is 2. The van der Waals surface area contributed by atoms with Gasteiger partial charge in [-0.3, -0.25) is 4.79 Å². The Bertz CT molecular complexity index is 1260. The van der Waals surface area contributed by atoms with Crippen molar-refractivity contribution in [3.8, 4) is 22.6 Å². The third kappa shape index (κ3) is 5.54. The largest absolute Gasteiger partial charge is 0.352 e. The van der Waals surface area contributed by atoms with Crippen molar-refractivity contribution in [2.24, 2.45) is 5.41 Å². The zero-order valence-electron chi connectivity index (χ0n) is 22.2. The number of carbonyl (C=O) groups is 1. The van der Waals surface area contributed by atoms with Crippen molar-refractivity contribution in [1.29, 1.82) is 0 Å². The summed E-state index contributed by atoms with van der Waals surface area (Å²) in [6.45, 7) is 9.42. The maximum atomic E-state index is 13.7. The lowest BCUT2D eigenvalue weighted by Gasteiger charge is -2.41. The minimum absolute atomic E-state index is 0.0438. The van der Waals surface area contributed by atoms with Gasteiger partial charge in [0.05, 0.1) is 35.7 Å². The Kier molecular flexibility index (Phi) is 7.42. The van der Waals surface area contributed by atoms with Gasteiger partial charge in [0.25, 0.3) is 0 Å². The second kappa shape index (κ2) is 10.8. The molecule has 2 aromatic heterocycles. The number of carbonyl (C=O) groups excluding carboxylic acids is 1. The smallest absolute Gasteiger partial charge is 0.233 e. The molecule has 0 unspecified atom stereocenters. The van der Waals surface area contributed by atoms with E-state index < -0.39 is 11.7 Å². The molecular weight excluding hydrogens is 489 g/mol. The van der Waals surface area contributed by atoms with Gasteiger partial charge >= 0.3 is 0 Å². The number of H-pyrrole nitrogens is 1. The SMILES string of the molecule is CC(C)Nc1nccc(-c2[nH]c(C3OCC(C)(C(=O)N4CCN(C)CC4)CO3)nc2-c2ccc(F)cc2)n1. The third-order valence-corrected chi connectivity index (χ3v) is 6.81. The van der Waals surface area contributed by atoms with E-state index in [2.05, 4.69) is 32.2 Å². The first-order valence-electron chi connectivity index (χ1n) is 12.9. The zero-order chi connectivity index (χ0) is 26.9. The monoisotopic (exact) mass is 523 g/mol. The van der Waals surface area contributed by atoms with Gasteiger partial charge in [-0.05, 0) is 58.2 Å². The number of anilines is 1. The number of ether oxygens (including phenoxy) is 2. The minimum Gasteiger partial charge on any atom is -0.352 e. The molecule has 202 valence electrons. The van der Waals surface area contributed by atoms with E-state index in [9.17, 15) is 9.18 Å². The molecule has 0 aliphatic carbocycles. The van der Waals surface area contributed by atoms with Gasteiger partial charge < -0.3 is 29.6 Å². The zero-order valence-corrected chi connectivity index (χ0v) is 22.2. The van der Waals surface area contributed by atoms with Crippen LogP contribution in [0.1, 0.15) is 32.9 Å². The van der Waals surface area contributed by atoms with E-state index in [0.29, 0.717) is 47.5 Å². The summed E-state index contributed by atoms with van der Waals surface area (Å²) in [4.78, 5) is 34.4. The fraction of sp³-hybridized carbons (Fsp3) is 0.481. The number of aromatic nitrogens is 4. The molecule has 0 spiro atoms. The molecule has 2 aliphatic heterocycles. The molecule has 0 radical (unpaired) electrons. The van der Waals surface area contributed by atoms with Crippen molar-refractivity contribution in [2.75, 3.05) is 51.8 Å². The van der Waals surface area contributed by atoms with Gasteiger partial charge in [0, 0.05) is 44.0 Å². The van der Waals surface area contributed by atoms with Crippen LogP contribution in [-0.4, -0.2) is 88.1 Å². The van der Waals surface area contributed by atoms with Crippen LogP contribution in [0.3, 0.4) is 0 Å². The predicted octanol–water partition coefficient (Wildman–Crippen LogP) is 3.32. The predicted molar refractivity (Wildman–Crippen MR) is 141 cm³/mol. The summed E-state index contributed by atoms with van der Waals surface area (Å²) < 4.78 is 25.8. The van der Waals surface area contributed by atoms with E-state index in [-0.39, 0.29) is 31.0 Å². The summed E-state index contributed by atoms with van der Waals surface area (Å²) in [5.74, 6) is 0.648. The van der Waals surface area contributed by atoms with Gasteiger partial charge in [0.15, 0.2) is 5.82 Å². The van der Waals surface area contributed by atoms with Crippen molar-refractivity contribution in [1.82, 2.24) is 29.7 Å². The number of halogens is 1. The summed E-state index contributed by atoms with van der Waals surface area (Å²) in [6.07, 6.45) is 0.886. The Hall–Kier alpha value is -3.41. The Morgan fingerprint density at radius 3 is 2.45 bits per heavy atom. The number of benzene rings is 1. The summed E-state index contributed by atoms with van der Waals surface area (Å²) >= 11 is 0. The van der Waals surface area contributed by atoms with Crippen molar-refractivity contribution in [3.63, 3.8) is 0 Å². The Labute approximate surface area is 221 Å². The molecule has 1 aromatic carbocycles. The topological polar surface area (TPSA) is 108 Å². The van der Waals surface area contributed by atoms with Gasteiger partial charge in [0.1, 0.15) is 5.82 Å². The van der Waals surface area contributed by atoms with Crippen LogP contribution in [-0.2, 0) is 14.3 Å². The van der Waals surface area contributed by atoms with E-state index in [1.807, 2.05) is 25.7 Å². The minimum atomic E-state index is -0.786. The summed E-state index contributed by atoms with van der Waals surface area (Å²) in [7, 11) is 2.06. The quantitative estimate of drug-likeness (QED) is 0.507. The van der Waals surface area contributed by atoms with Crippen LogP contribution in [0.25, 0.3) is 22.6 Å². The van der Waals surface area contributed by atoms with Crippen LogP contribution < -0.4 is 5.32 Å². The molecule has 2 fully saturated rings. The number of piperazine rings is 1. The standard InChI is InChI=1S/C27H34FN7O3/c1-17(2)30-26-29-10-9-20(31-26)22-21(18-5-7-19(28)8-6-18)32-23(33-22)24-37-15-27(3,16-38-24)25(36)35-13-11-34(4)12-14-35/h5-10,17,24H,11-16H2,1-4H3,(H,32,33)(H,29,30,31). The van der Waals surface area contributed by atoms with Crippen LogP contribution in [0, 0.1) is 11.2 Å². The molecule has 2 saturated heterocycles. The van der Waals surface area contributed by atoms with Gasteiger partial charge in [-0.15, -0.1) is 0 Å². The summed E-state index contributed by atoms with van der Waals surface area (Å²) in [6, 6.07) is 8.06. The third-order valence-electron chi connectivity index (χ3n) is 6.81. The first-order valence-corrected chi connectivity index (χ1v) is 12.9. The number of rotatable bonds is 6. The first-order chi connectivity index (χ1) is 18.2. The maximum Gasteiger partial charge on any atom is 0.233 e. The highest BCUT2D eigenvalue weighted by molar-refractivity contribution is 5.83. The lowest BCUT2D eigenvalue weighted by atomic mass is 9.90. The lowest BCUT2D eigenvalue weighted by molar-refractivity contribution is -0.234. The molecule has 11 heteroatoms. The molecule has 2 N–H and O–H groups in total. The number of likely N-dealkylation sites (N-methyl/N-ethyl adjacent to an activating group) is 1. The molecule has 0 saturated carbocycles. The van der Waals surface area contributed by atoms with Crippen LogP contribution in [0.5, 0.6) is 0 Å². The van der Waals surface area contributed by atoms with E-state index in [4.69, 9.17) is 14.5 Å². The number of imidazole rings is 1. The molecule has 38 heavy (non-hydrogen) atoms. The van der Waals surface area contributed by atoms with Gasteiger partial charge in [-0.2, -0.15) is 0 Å². The van der Waals surface area contributed by atoms with Crippen LogP contribution >= 0.6 is 0 Å². The van der Waals surface area contributed by atoms with Crippen molar-refractivity contribution in [3.05, 3.63) is 48.2 Å². The lowest BCUT2D eigenvalue weighted by Crippen LogP contribution is -2.55. The Balaban J connectivity index is 1.39. The Morgan fingerprint density at radius 2 is 1.79 bits per heavy atom. The maximum absolute atomic E-state index is 13.7. The summed E-state index contributed by atoms with van der Waals surface area (Å²) in [5.41, 5.74) is 1.78. The number of amides is 1. The van der Waals surface area contributed by atoms with E-state index in [0.717, 1.165) is 13.1 Å². The Morgan fingerprint density at radius 1 is 1.11 bits per heavy atom. The highest BCUT2D eigenvalue weighted by Crippen LogP contribution is 2.36. The molecule has 3 aromatic rings. The highest BCUT2D eigenvalue weighted by Gasteiger charge is 2.43. The fourth-order valence-electron chi connectivity index (χ4n) is 4.61. The van der Waals surface area contributed by atoms with Gasteiger partial charge in [-0.25, -0.2) is 19.3 Å². The van der Waals surface area contributed by atoms with Crippen molar-refractivity contribution < 1.29 is 18.7 Å². The molecule has 10 nitrogen and oxygen atoms in total. The average Bonchev–Trinajstić information content (AvgIpc) is 3.35. The fourth-order valence-corrected chi connectivity index (χ4v) is 4.61. The normalized spacial score (nSPS) is 22.6. The highest BCUT2D eigenvalue weighted by atomic mass is 19.1. The number of hydrogen-bond acceptors (Lipinski definition) is 8. The summed E-state index contributed by atoms with van der Waals surface area (Å²) in [5, 5.41) is 3.21. The molecular formula is C27H34FN7O3. The van der Waals surface area contributed by atoms with Gasteiger partial charge in [0.2, 0.25) is 18.1 Å². The first kappa shape index (κ1) is 26.2. The molecule has 4 heterocycles. The van der Waals surface area contributed by atoms with Crippen LogP contribution in [0.4, 0.5) is 10.3 Å². The molecule has 0 atom stereocenters. The number of aromatic amines is 1. The van der Waals surface area contributed by atoms with Crippen molar-refractivity contribution in [2.45, 2.75) is 33.1 Å². The second-order valence-electron chi connectivity index (χ2n) is 10.5. The molecule has 5 rings (SSSR count). The molecule has 2 aliphatic rings. The average molecular weight is 524 g/mol. The van der Waals surface area contributed by atoms with Crippen LogP contribution in [0.15, 0.2) is 36.5 Å². The van der Waals surface area contributed by atoms with E-state index in [1.165, 1.54) is 12.1 Å². The second-order valence-corrected chi connectivity index (χ2v) is 10.5. The van der Waals surface area contributed by atoms with E-state index >= 15 is 0 Å². The van der Waals surface area contributed by atoms with Crippen LogP contribution in [0.2, 0.25) is 0 Å². The van der Waals surface area contributed by atoms with Crippen molar-refractivity contribution >= 4 is 11.9 Å². The number of nitrogens with zero attached hydrogens (tertiary/aromatic N) is 5. The number of hydrogen-bond donors (Lipinski definition) is 2.